The lowest BCUT2D eigenvalue weighted by Gasteiger charge is -2.35. The van der Waals surface area contributed by atoms with Gasteiger partial charge in [0.25, 0.3) is 5.91 Å². The van der Waals surface area contributed by atoms with E-state index in [1.54, 1.807) is 12.4 Å². The molecule has 2 fully saturated rings. The standard InChI is InChI=1S/C20H22ClN3O.2ClH/c1-24(19-9-17-6-7-18(10-19)23-17)20(25)15-8-14(11-22-12-15)13-2-4-16(21)5-3-13;;/h2-5,8,11-12,17-19,23H,6-7,9-10H2,1H3;2*1H. The van der Waals surface area contributed by atoms with Gasteiger partial charge in [-0.05, 0) is 49.4 Å². The van der Waals surface area contributed by atoms with Crippen LogP contribution in [0.1, 0.15) is 36.0 Å². The maximum absolute atomic E-state index is 13.0. The Morgan fingerprint density at radius 1 is 1.07 bits per heavy atom. The normalized spacial score (nSPS) is 23.1. The first kappa shape index (κ1) is 22.0. The van der Waals surface area contributed by atoms with Crippen molar-refractivity contribution in [1.29, 1.82) is 0 Å². The summed E-state index contributed by atoms with van der Waals surface area (Å²) in [5.41, 5.74) is 2.58. The molecule has 7 heteroatoms. The lowest BCUT2D eigenvalue weighted by atomic mass is 9.97. The molecule has 2 atom stereocenters. The van der Waals surface area contributed by atoms with Crippen molar-refractivity contribution in [3.63, 3.8) is 0 Å². The number of halogens is 3. The Labute approximate surface area is 177 Å². The molecule has 2 saturated heterocycles. The molecule has 2 bridgehead atoms. The Bertz CT molecular complexity index is 772. The predicted octanol–water partition coefficient (Wildman–Crippen LogP) is 4.60. The van der Waals surface area contributed by atoms with Crippen LogP contribution in [0.4, 0.5) is 0 Å². The molecule has 1 N–H and O–H groups in total. The summed E-state index contributed by atoms with van der Waals surface area (Å²) in [6.45, 7) is 0. The van der Waals surface area contributed by atoms with Crippen LogP contribution in [0, 0.1) is 0 Å². The number of nitrogens with zero attached hydrogens (tertiary/aromatic N) is 2. The topological polar surface area (TPSA) is 45.2 Å². The first-order valence-electron chi connectivity index (χ1n) is 8.84. The molecule has 0 aliphatic carbocycles. The van der Waals surface area contributed by atoms with Crippen molar-refractivity contribution < 1.29 is 4.79 Å². The van der Waals surface area contributed by atoms with E-state index in [9.17, 15) is 4.79 Å². The summed E-state index contributed by atoms with van der Waals surface area (Å²) in [4.78, 5) is 19.2. The van der Waals surface area contributed by atoms with Gasteiger partial charge in [-0.2, -0.15) is 0 Å². The van der Waals surface area contributed by atoms with Gasteiger partial charge in [0.05, 0.1) is 5.56 Å². The van der Waals surface area contributed by atoms with E-state index < -0.39 is 0 Å². The summed E-state index contributed by atoms with van der Waals surface area (Å²) in [5.74, 6) is 0.0506. The van der Waals surface area contributed by atoms with Gasteiger partial charge in [0.15, 0.2) is 0 Å². The fourth-order valence-electron chi connectivity index (χ4n) is 4.07. The monoisotopic (exact) mass is 427 g/mol. The van der Waals surface area contributed by atoms with Gasteiger partial charge in [-0.25, -0.2) is 0 Å². The Morgan fingerprint density at radius 2 is 1.70 bits per heavy atom. The highest BCUT2D eigenvalue weighted by atomic mass is 35.5. The van der Waals surface area contributed by atoms with Crippen LogP contribution in [0.2, 0.25) is 5.02 Å². The average molecular weight is 429 g/mol. The summed E-state index contributed by atoms with van der Waals surface area (Å²) in [7, 11) is 1.92. The first-order chi connectivity index (χ1) is 12.1. The van der Waals surface area contributed by atoms with Crippen LogP contribution in [0.25, 0.3) is 11.1 Å². The van der Waals surface area contributed by atoms with Crippen molar-refractivity contribution in [2.45, 2.75) is 43.8 Å². The minimum atomic E-state index is 0. The molecule has 1 amide bonds. The van der Waals surface area contributed by atoms with Crippen LogP contribution in [0.5, 0.6) is 0 Å². The quantitative estimate of drug-likeness (QED) is 0.777. The van der Waals surface area contributed by atoms with E-state index in [0.29, 0.717) is 28.7 Å². The third kappa shape index (κ3) is 4.75. The number of carbonyl (C=O) groups is 1. The van der Waals surface area contributed by atoms with Crippen molar-refractivity contribution in [3.05, 3.63) is 53.3 Å². The summed E-state index contributed by atoms with van der Waals surface area (Å²) >= 11 is 5.96. The second kappa shape index (κ2) is 9.24. The molecular formula is C20H24Cl3N3O. The largest absolute Gasteiger partial charge is 0.339 e. The van der Waals surface area contributed by atoms with Crippen LogP contribution in [0.15, 0.2) is 42.7 Å². The fraction of sp³-hybridized carbons (Fsp3) is 0.400. The number of nitrogens with one attached hydrogen (secondary N) is 1. The highest BCUT2D eigenvalue weighted by Gasteiger charge is 2.36. The Balaban J connectivity index is 0.00000131. The maximum Gasteiger partial charge on any atom is 0.255 e. The lowest BCUT2D eigenvalue weighted by molar-refractivity contribution is 0.0681. The molecule has 4 nitrogen and oxygen atoms in total. The highest BCUT2D eigenvalue weighted by molar-refractivity contribution is 6.30. The summed E-state index contributed by atoms with van der Waals surface area (Å²) in [6, 6.07) is 11.0. The molecule has 146 valence electrons. The molecule has 4 rings (SSSR count). The number of rotatable bonds is 3. The molecule has 1 aromatic carbocycles. The second-order valence-corrected chi connectivity index (χ2v) is 7.58. The summed E-state index contributed by atoms with van der Waals surface area (Å²) in [5, 5.41) is 4.33. The number of fused-ring (bicyclic) bond motifs is 2. The zero-order chi connectivity index (χ0) is 17.4. The average Bonchev–Trinajstić information content (AvgIpc) is 2.99. The number of piperidine rings is 1. The highest BCUT2D eigenvalue weighted by Crippen LogP contribution is 2.30. The summed E-state index contributed by atoms with van der Waals surface area (Å²) in [6.07, 6.45) is 8.00. The molecule has 0 saturated carbocycles. The van der Waals surface area contributed by atoms with Crippen molar-refractivity contribution in [2.75, 3.05) is 7.05 Å². The van der Waals surface area contributed by atoms with E-state index in [-0.39, 0.29) is 30.7 Å². The summed E-state index contributed by atoms with van der Waals surface area (Å²) < 4.78 is 0. The Morgan fingerprint density at radius 3 is 2.33 bits per heavy atom. The number of pyridine rings is 1. The van der Waals surface area contributed by atoms with Gasteiger partial charge in [-0.15, -0.1) is 24.8 Å². The fourth-order valence-corrected chi connectivity index (χ4v) is 4.20. The third-order valence-electron chi connectivity index (χ3n) is 5.48. The minimum Gasteiger partial charge on any atom is -0.339 e. The zero-order valence-corrected chi connectivity index (χ0v) is 17.5. The molecule has 0 radical (unpaired) electrons. The molecule has 1 aromatic heterocycles. The molecule has 2 aliphatic rings. The SMILES string of the molecule is CN(C(=O)c1cncc(-c2ccc(Cl)cc2)c1)C1CC2CCC(C1)N2.Cl.Cl. The number of benzene rings is 1. The second-order valence-electron chi connectivity index (χ2n) is 7.15. The van der Waals surface area contributed by atoms with Crippen molar-refractivity contribution >= 4 is 42.3 Å². The van der Waals surface area contributed by atoms with E-state index in [1.807, 2.05) is 42.3 Å². The smallest absolute Gasteiger partial charge is 0.255 e. The van der Waals surface area contributed by atoms with E-state index in [4.69, 9.17) is 11.6 Å². The molecular weight excluding hydrogens is 405 g/mol. The minimum absolute atomic E-state index is 0. The predicted molar refractivity (Wildman–Crippen MR) is 114 cm³/mol. The molecule has 2 unspecified atom stereocenters. The van der Waals surface area contributed by atoms with E-state index in [1.165, 1.54) is 12.8 Å². The molecule has 3 heterocycles. The van der Waals surface area contributed by atoms with Gasteiger partial charge < -0.3 is 10.2 Å². The van der Waals surface area contributed by atoms with Crippen LogP contribution >= 0.6 is 36.4 Å². The number of hydrogen-bond donors (Lipinski definition) is 1. The molecule has 2 aliphatic heterocycles. The maximum atomic E-state index is 13.0. The third-order valence-corrected chi connectivity index (χ3v) is 5.73. The van der Waals surface area contributed by atoms with Gasteiger partial charge in [-0.3, -0.25) is 9.78 Å². The van der Waals surface area contributed by atoms with Gasteiger partial charge in [0.2, 0.25) is 0 Å². The zero-order valence-electron chi connectivity index (χ0n) is 15.1. The van der Waals surface area contributed by atoms with Crippen LogP contribution in [0.3, 0.4) is 0 Å². The van der Waals surface area contributed by atoms with Crippen molar-refractivity contribution in [1.82, 2.24) is 15.2 Å². The number of amides is 1. The van der Waals surface area contributed by atoms with E-state index in [0.717, 1.165) is 24.0 Å². The Kier molecular flexibility index (Phi) is 7.52. The van der Waals surface area contributed by atoms with Crippen LogP contribution in [-0.2, 0) is 0 Å². The van der Waals surface area contributed by atoms with Gasteiger partial charge >= 0.3 is 0 Å². The first-order valence-corrected chi connectivity index (χ1v) is 9.22. The van der Waals surface area contributed by atoms with Crippen molar-refractivity contribution in [2.24, 2.45) is 0 Å². The van der Waals surface area contributed by atoms with Crippen LogP contribution < -0.4 is 5.32 Å². The Hall–Kier alpha value is -1.33. The number of carbonyl (C=O) groups excluding carboxylic acids is 1. The lowest BCUT2D eigenvalue weighted by Crippen LogP contribution is -2.48. The number of hydrogen-bond acceptors (Lipinski definition) is 3. The van der Waals surface area contributed by atoms with Gasteiger partial charge in [0.1, 0.15) is 0 Å². The molecule has 27 heavy (non-hydrogen) atoms. The van der Waals surface area contributed by atoms with E-state index >= 15 is 0 Å². The van der Waals surface area contributed by atoms with Gasteiger partial charge in [-0.1, -0.05) is 23.7 Å². The van der Waals surface area contributed by atoms with Crippen LogP contribution in [-0.4, -0.2) is 41.0 Å². The van der Waals surface area contributed by atoms with Crippen molar-refractivity contribution in [3.8, 4) is 11.1 Å². The molecule has 0 spiro atoms. The van der Waals surface area contributed by atoms with E-state index in [2.05, 4.69) is 10.3 Å². The van der Waals surface area contributed by atoms with Gasteiger partial charge in [0, 0.05) is 48.2 Å². The number of aromatic nitrogens is 1. The molecule has 2 aromatic rings.